The van der Waals surface area contributed by atoms with Crippen molar-refractivity contribution in [2.45, 2.75) is 58.3 Å². The largest absolute Gasteiger partial charge is 0.463 e. The van der Waals surface area contributed by atoms with Crippen LogP contribution in [-0.2, 0) is 27.3 Å². The summed E-state index contributed by atoms with van der Waals surface area (Å²) in [5.41, 5.74) is 0. The third-order valence-corrected chi connectivity index (χ3v) is 13.7. The van der Waals surface area contributed by atoms with Gasteiger partial charge in [0, 0.05) is 13.2 Å². The van der Waals surface area contributed by atoms with Gasteiger partial charge in [0.05, 0.1) is 12.7 Å². The zero-order valence-electron chi connectivity index (χ0n) is 15.8. The minimum absolute atomic E-state index is 0.143. The fourth-order valence-electron chi connectivity index (χ4n) is 2.66. The lowest BCUT2D eigenvalue weighted by Crippen LogP contribution is -2.53. The van der Waals surface area contributed by atoms with Crippen LogP contribution in [0.25, 0.3) is 0 Å². The highest BCUT2D eigenvalue weighted by atomic mass is 28.5. The fraction of sp³-hybridized carbons (Fsp3) is 0.857. The van der Waals surface area contributed by atoms with Crippen molar-refractivity contribution < 1.29 is 27.3 Å². The molecule has 9 heteroatoms. The van der Waals surface area contributed by atoms with E-state index in [9.17, 15) is 9.59 Å². The van der Waals surface area contributed by atoms with Gasteiger partial charge in [0.1, 0.15) is 12.4 Å². The highest BCUT2D eigenvalue weighted by Crippen LogP contribution is 2.25. The molecule has 0 amide bonds. The molecule has 6 nitrogen and oxygen atoms in total. The number of methoxy groups -OCH3 is 1. The Hall–Kier alpha value is -0.329. The molecule has 0 aromatic heterocycles. The summed E-state index contributed by atoms with van der Waals surface area (Å²) in [5.74, 6) is -0.117. The Kier molecular flexibility index (Phi) is 9.10. The number of rotatable bonds is 11. The first-order valence-electron chi connectivity index (χ1n) is 7.83. The average Bonchev–Trinajstić information content (AvgIpc) is 2.22. The van der Waals surface area contributed by atoms with Gasteiger partial charge in [-0.15, -0.1) is 0 Å². The normalized spacial score (nSPS) is 13.0. The molecule has 0 saturated heterocycles. The fourth-order valence-corrected chi connectivity index (χ4v) is 16.4. The SMILES string of the molecule is COCCOC(=O)C[Si](C)(C)O[Si](C)(C)O[Si](C)(C)CC(C)=O. The summed E-state index contributed by atoms with van der Waals surface area (Å²) in [4.78, 5) is 23.2. The second-order valence-corrected chi connectivity index (χ2v) is 19.6. The molecule has 0 aliphatic rings. The molecule has 0 bridgehead atoms. The van der Waals surface area contributed by atoms with Gasteiger partial charge in [0.2, 0.25) is 0 Å². The van der Waals surface area contributed by atoms with Crippen LogP contribution < -0.4 is 0 Å². The maximum Gasteiger partial charge on any atom is 0.311 e. The van der Waals surface area contributed by atoms with E-state index in [0.29, 0.717) is 12.7 Å². The Morgan fingerprint density at radius 3 is 1.74 bits per heavy atom. The van der Waals surface area contributed by atoms with Crippen LogP contribution in [0.3, 0.4) is 0 Å². The van der Waals surface area contributed by atoms with Crippen molar-refractivity contribution in [2.24, 2.45) is 0 Å². The molecule has 23 heavy (non-hydrogen) atoms. The molecule has 0 saturated carbocycles. The summed E-state index contributed by atoms with van der Waals surface area (Å²) in [6.45, 7) is 14.2. The molecular weight excluding hydrogens is 348 g/mol. The van der Waals surface area contributed by atoms with Crippen molar-refractivity contribution in [3.8, 4) is 0 Å². The van der Waals surface area contributed by atoms with Crippen LogP contribution in [0.1, 0.15) is 6.92 Å². The molecule has 136 valence electrons. The molecule has 0 rings (SSSR count). The lowest BCUT2D eigenvalue weighted by Gasteiger charge is -2.38. The maximum atomic E-state index is 11.9. The Bertz CT molecular complexity index is 409. The predicted molar refractivity (Wildman–Crippen MR) is 97.7 cm³/mol. The summed E-state index contributed by atoms with van der Waals surface area (Å²) >= 11 is 0. The van der Waals surface area contributed by atoms with Crippen molar-refractivity contribution in [2.75, 3.05) is 20.3 Å². The van der Waals surface area contributed by atoms with E-state index in [1.165, 1.54) is 0 Å². The molecule has 0 fully saturated rings. The van der Waals surface area contributed by atoms with Crippen LogP contribution in [0.2, 0.25) is 51.4 Å². The number of carbonyl (C=O) groups excluding carboxylic acids is 2. The van der Waals surface area contributed by atoms with Crippen LogP contribution in [0.15, 0.2) is 0 Å². The van der Waals surface area contributed by atoms with Gasteiger partial charge in [-0.25, -0.2) is 0 Å². The molecule has 0 heterocycles. The van der Waals surface area contributed by atoms with Gasteiger partial charge in [-0.05, 0) is 46.2 Å². The second-order valence-electron chi connectivity index (χ2n) is 7.39. The van der Waals surface area contributed by atoms with E-state index in [2.05, 4.69) is 0 Å². The Labute approximate surface area is 143 Å². The van der Waals surface area contributed by atoms with E-state index >= 15 is 0 Å². The second kappa shape index (κ2) is 9.23. The van der Waals surface area contributed by atoms with E-state index in [1.807, 2.05) is 39.3 Å². The number of carbonyl (C=O) groups is 2. The number of ketones is 1. The van der Waals surface area contributed by atoms with Gasteiger partial charge in [0.15, 0.2) is 16.6 Å². The zero-order valence-corrected chi connectivity index (χ0v) is 18.8. The first-order chi connectivity index (χ1) is 10.3. The molecule has 0 N–H and O–H groups in total. The number of hydrogen-bond donors (Lipinski definition) is 0. The number of ether oxygens (including phenoxy) is 2. The van der Waals surface area contributed by atoms with Crippen LogP contribution in [0.4, 0.5) is 0 Å². The smallest absolute Gasteiger partial charge is 0.311 e. The van der Waals surface area contributed by atoms with E-state index in [1.54, 1.807) is 14.0 Å². The minimum atomic E-state index is -2.41. The summed E-state index contributed by atoms with van der Waals surface area (Å²) in [7, 11) is -5.18. The Morgan fingerprint density at radius 2 is 1.30 bits per heavy atom. The molecule has 0 atom stereocenters. The monoisotopic (exact) mass is 380 g/mol. The van der Waals surface area contributed by atoms with E-state index in [0.717, 1.165) is 0 Å². The van der Waals surface area contributed by atoms with Crippen LogP contribution in [-0.4, -0.2) is 57.3 Å². The summed E-state index contributed by atoms with van der Waals surface area (Å²) in [6.07, 6.45) is 0. The Morgan fingerprint density at radius 1 is 0.826 bits per heavy atom. The molecular formula is C14H32O6Si3. The average molecular weight is 381 g/mol. The van der Waals surface area contributed by atoms with Crippen molar-refractivity contribution in [1.82, 2.24) is 0 Å². The molecule has 0 aliphatic carbocycles. The van der Waals surface area contributed by atoms with Crippen LogP contribution >= 0.6 is 0 Å². The number of esters is 1. The predicted octanol–water partition coefficient (Wildman–Crippen LogP) is 2.91. The van der Waals surface area contributed by atoms with E-state index < -0.39 is 25.2 Å². The summed E-state index contributed by atoms with van der Waals surface area (Å²) < 4.78 is 22.5. The summed E-state index contributed by atoms with van der Waals surface area (Å²) in [5, 5.41) is 0. The molecule has 0 spiro atoms. The number of hydrogen-bond acceptors (Lipinski definition) is 6. The topological polar surface area (TPSA) is 71.1 Å². The van der Waals surface area contributed by atoms with E-state index in [-0.39, 0.29) is 24.4 Å². The molecule has 0 aromatic rings. The van der Waals surface area contributed by atoms with E-state index in [4.69, 9.17) is 17.7 Å². The third kappa shape index (κ3) is 11.8. The number of Topliss-reactive ketones (excluding diaryl/α,β-unsaturated/α-hetero) is 1. The molecule has 0 aliphatic heterocycles. The van der Waals surface area contributed by atoms with Crippen molar-refractivity contribution >= 4 is 36.9 Å². The molecule has 0 aromatic carbocycles. The van der Waals surface area contributed by atoms with Gasteiger partial charge in [-0.3, -0.25) is 4.79 Å². The zero-order chi connectivity index (χ0) is 18.3. The standard InChI is InChI=1S/C14H32O6Si3/c1-13(15)11-21(3,4)19-23(7,8)20-22(5,6)12-14(16)18-10-9-17-2/h9-12H2,1-8H3. The third-order valence-electron chi connectivity index (χ3n) is 2.84. The van der Waals surface area contributed by atoms with Crippen LogP contribution in [0, 0.1) is 0 Å². The lowest BCUT2D eigenvalue weighted by atomic mass is 10.5. The first-order valence-corrected chi connectivity index (χ1v) is 16.9. The maximum absolute atomic E-state index is 11.9. The van der Waals surface area contributed by atoms with Gasteiger partial charge in [-0.1, -0.05) is 0 Å². The molecule has 0 unspecified atom stereocenters. The van der Waals surface area contributed by atoms with Gasteiger partial charge in [0.25, 0.3) is 0 Å². The van der Waals surface area contributed by atoms with Crippen molar-refractivity contribution in [3.63, 3.8) is 0 Å². The van der Waals surface area contributed by atoms with Crippen molar-refractivity contribution in [3.05, 3.63) is 0 Å². The van der Waals surface area contributed by atoms with Crippen LogP contribution in [0.5, 0.6) is 0 Å². The van der Waals surface area contributed by atoms with Gasteiger partial charge in [-0.2, -0.15) is 0 Å². The Balaban J connectivity index is 4.60. The first kappa shape index (κ1) is 22.7. The lowest BCUT2D eigenvalue weighted by molar-refractivity contribution is -0.142. The highest BCUT2D eigenvalue weighted by Gasteiger charge is 2.41. The minimum Gasteiger partial charge on any atom is -0.463 e. The van der Waals surface area contributed by atoms with Gasteiger partial charge < -0.3 is 22.5 Å². The molecule has 0 radical (unpaired) electrons. The highest BCUT2D eigenvalue weighted by molar-refractivity contribution is 6.89. The van der Waals surface area contributed by atoms with Crippen molar-refractivity contribution in [1.29, 1.82) is 0 Å². The van der Waals surface area contributed by atoms with Gasteiger partial charge >= 0.3 is 14.5 Å². The quantitative estimate of drug-likeness (QED) is 0.312. The summed E-state index contributed by atoms with van der Waals surface area (Å²) in [6, 6.07) is 0.763.